The van der Waals surface area contributed by atoms with Crippen molar-refractivity contribution in [2.45, 2.75) is 52.0 Å². The van der Waals surface area contributed by atoms with Gasteiger partial charge in [-0.05, 0) is 54.2 Å². The van der Waals surface area contributed by atoms with Gasteiger partial charge in [-0.25, -0.2) is 4.79 Å². The summed E-state index contributed by atoms with van der Waals surface area (Å²) in [5.74, 6) is -0.891. The predicted octanol–water partition coefficient (Wildman–Crippen LogP) is 4.71. The number of likely N-dealkylation sites (N-methyl/N-ethyl adjacent to an activating group) is 1. The van der Waals surface area contributed by atoms with Gasteiger partial charge in [-0.3, -0.25) is 0 Å². The Bertz CT molecular complexity index is 745. The van der Waals surface area contributed by atoms with E-state index in [1.807, 2.05) is 26.1 Å². The summed E-state index contributed by atoms with van der Waals surface area (Å²) in [5, 5.41) is 12.8. The Balaban J connectivity index is 2.59. The third-order valence-corrected chi connectivity index (χ3v) is 5.11. The molecule has 0 saturated heterocycles. The van der Waals surface area contributed by atoms with Crippen molar-refractivity contribution in [2.24, 2.45) is 0 Å². The highest BCUT2D eigenvalue weighted by Gasteiger charge is 2.37. The van der Waals surface area contributed by atoms with Crippen LogP contribution in [-0.4, -0.2) is 23.7 Å². The van der Waals surface area contributed by atoms with Crippen molar-refractivity contribution in [1.29, 1.82) is 0 Å². The van der Waals surface area contributed by atoms with Crippen molar-refractivity contribution in [3.05, 3.63) is 64.8 Å². The van der Waals surface area contributed by atoms with E-state index in [-0.39, 0.29) is 5.41 Å². The second-order valence-electron chi connectivity index (χ2n) is 7.69. The first kappa shape index (κ1) is 19.2. The quantitative estimate of drug-likeness (QED) is 0.835. The van der Waals surface area contributed by atoms with Gasteiger partial charge in [0.25, 0.3) is 0 Å². The van der Waals surface area contributed by atoms with Crippen LogP contribution >= 0.6 is 0 Å². The average molecular weight is 339 g/mol. The molecule has 1 atom stereocenters. The number of benzene rings is 1. The van der Waals surface area contributed by atoms with Crippen LogP contribution in [0.15, 0.2) is 53.6 Å². The predicted molar refractivity (Wildman–Crippen MR) is 105 cm³/mol. The lowest BCUT2D eigenvalue weighted by Gasteiger charge is -2.35. The number of carboxylic acids is 1. The zero-order chi connectivity index (χ0) is 18.8. The minimum Gasteiger partial charge on any atom is -0.478 e. The molecule has 25 heavy (non-hydrogen) atoms. The molecule has 2 rings (SSSR count). The maximum Gasteiger partial charge on any atom is 0.333 e. The third-order valence-electron chi connectivity index (χ3n) is 5.11. The van der Waals surface area contributed by atoms with Crippen LogP contribution in [0.2, 0.25) is 0 Å². The molecular weight excluding hydrogens is 310 g/mol. The second kappa shape index (κ2) is 7.01. The summed E-state index contributed by atoms with van der Waals surface area (Å²) in [7, 11) is 1.81. The largest absolute Gasteiger partial charge is 0.478 e. The SMILES string of the molecule is CCC(=C1C=CC=C(C(=O)O)C1(C)NC)c1ccc(C(C)(C)C)cc1. The van der Waals surface area contributed by atoms with Crippen molar-refractivity contribution in [1.82, 2.24) is 5.32 Å². The molecule has 0 heterocycles. The van der Waals surface area contributed by atoms with Crippen molar-refractivity contribution >= 4 is 11.5 Å². The summed E-state index contributed by atoms with van der Waals surface area (Å²) in [6.07, 6.45) is 6.37. The van der Waals surface area contributed by atoms with Gasteiger partial charge in [0.05, 0.1) is 11.1 Å². The van der Waals surface area contributed by atoms with Crippen LogP contribution in [0.25, 0.3) is 5.57 Å². The molecule has 1 aromatic carbocycles. The first-order valence-corrected chi connectivity index (χ1v) is 8.80. The molecule has 1 unspecified atom stereocenters. The molecule has 0 saturated carbocycles. The average Bonchev–Trinajstić information content (AvgIpc) is 2.56. The molecule has 0 aromatic heterocycles. The van der Waals surface area contributed by atoms with Gasteiger partial charge >= 0.3 is 5.97 Å². The fourth-order valence-electron chi connectivity index (χ4n) is 3.40. The first-order chi connectivity index (χ1) is 11.6. The first-order valence-electron chi connectivity index (χ1n) is 8.80. The van der Waals surface area contributed by atoms with E-state index in [0.29, 0.717) is 5.57 Å². The van der Waals surface area contributed by atoms with Crippen LogP contribution in [0.4, 0.5) is 0 Å². The second-order valence-corrected chi connectivity index (χ2v) is 7.69. The van der Waals surface area contributed by atoms with Gasteiger partial charge < -0.3 is 10.4 Å². The maximum atomic E-state index is 11.7. The standard InChI is InChI=1S/C22H29NO2/c1-7-17(15-11-13-16(14-12-15)21(2,3)4)18-9-8-10-19(20(24)25)22(18,5)23-6/h8-14,23H,7H2,1-6H3,(H,24,25). The normalized spacial score (nSPS) is 22.6. The fraction of sp³-hybridized carbons (Fsp3) is 0.409. The molecule has 0 radical (unpaired) electrons. The highest BCUT2D eigenvalue weighted by molar-refractivity contribution is 5.93. The molecule has 0 bridgehead atoms. The van der Waals surface area contributed by atoms with E-state index in [9.17, 15) is 9.90 Å². The Labute approximate surface area is 151 Å². The third kappa shape index (κ3) is 3.62. The van der Waals surface area contributed by atoms with E-state index < -0.39 is 11.5 Å². The van der Waals surface area contributed by atoms with E-state index in [2.05, 4.69) is 57.3 Å². The number of carboxylic acid groups (broad SMARTS) is 1. The van der Waals surface area contributed by atoms with Gasteiger partial charge in [0.2, 0.25) is 0 Å². The number of nitrogens with one attached hydrogen (secondary N) is 1. The molecular formula is C22H29NO2. The Morgan fingerprint density at radius 2 is 1.80 bits per heavy atom. The lowest BCUT2D eigenvalue weighted by Crippen LogP contribution is -2.47. The fourth-order valence-corrected chi connectivity index (χ4v) is 3.40. The van der Waals surface area contributed by atoms with Crippen LogP contribution in [0, 0.1) is 0 Å². The van der Waals surface area contributed by atoms with Crippen molar-refractivity contribution in [2.75, 3.05) is 7.05 Å². The van der Waals surface area contributed by atoms with Crippen LogP contribution < -0.4 is 5.32 Å². The number of hydrogen-bond donors (Lipinski definition) is 2. The van der Waals surface area contributed by atoms with Gasteiger partial charge in [-0.1, -0.05) is 64.1 Å². The van der Waals surface area contributed by atoms with Crippen LogP contribution in [-0.2, 0) is 10.2 Å². The highest BCUT2D eigenvalue weighted by Crippen LogP contribution is 2.37. The zero-order valence-electron chi connectivity index (χ0n) is 16.1. The van der Waals surface area contributed by atoms with Gasteiger partial charge in [0, 0.05) is 0 Å². The number of allylic oxidation sites excluding steroid dienone is 3. The molecule has 0 spiro atoms. The minimum absolute atomic E-state index is 0.113. The summed E-state index contributed by atoms with van der Waals surface area (Å²) in [5.41, 5.74) is 4.38. The van der Waals surface area contributed by atoms with E-state index in [1.165, 1.54) is 11.1 Å². The highest BCUT2D eigenvalue weighted by atomic mass is 16.4. The van der Waals surface area contributed by atoms with Crippen molar-refractivity contribution in [3.8, 4) is 0 Å². The molecule has 1 aromatic rings. The monoisotopic (exact) mass is 339 g/mol. The number of aliphatic carboxylic acids is 1. The summed E-state index contributed by atoms with van der Waals surface area (Å²) >= 11 is 0. The molecule has 3 heteroatoms. The number of hydrogen-bond acceptors (Lipinski definition) is 2. The molecule has 3 nitrogen and oxygen atoms in total. The molecule has 0 aliphatic heterocycles. The number of rotatable bonds is 4. The lowest BCUT2D eigenvalue weighted by atomic mass is 9.76. The van der Waals surface area contributed by atoms with Gasteiger partial charge in [-0.15, -0.1) is 0 Å². The van der Waals surface area contributed by atoms with E-state index in [1.54, 1.807) is 6.08 Å². The molecule has 2 N–H and O–H groups in total. The Morgan fingerprint density at radius 1 is 1.20 bits per heavy atom. The Morgan fingerprint density at radius 3 is 2.24 bits per heavy atom. The molecule has 134 valence electrons. The van der Waals surface area contributed by atoms with Crippen molar-refractivity contribution in [3.63, 3.8) is 0 Å². The van der Waals surface area contributed by atoms with Crippen LogP contribution in [0.3, 0.4) is 0 Å². The van der Waals surface area contributed by atoms with Gasteiger partial charge in [0.15, 0.2) is 0 Å². The summed E-state index contributed by atoms with van der Waals surface area (Å²) in [6, 6.07) is 8.63. The minimum atomic E-state index is -0.891. The molecule has 1 aliphatic carbocycles. The molecule has 0 fully saturated rings. The van der Waals surface area contributed by atoms with E-state index >= 15 is 0 Å². The number of carbonyl (C=O) groups is 1. The van der Waals surface area contributed by atoms with Gasteiger partial charge in [-0.2, -0.15) is 0 Å². The maximum absolute atomic E-state index is 11.7. The summed E-state index contributed by atoms with van der Waals surface area (Å²) in [6.45, 7) is 10.7. The summed E-state index contributed by atoms with van der Waals surface area (Å²) < 4.78 is 0. The van der Waals surface area contributed by atoms with Crippen LogP contribution in [0.1, 0.15) is 52.2 Å². The Hall–Kier alpha value is -2.13. The van der Waals surface area contributed by atoms with Crippen molar-refractivity contribution < 1.29 is 9.90 Å². The smallest absolute Gasteiger partial charge is 0.333 e. The van der Waals surface area contributed by atoms with Gasteiger partial charge in [0.1, 0.15) is 0 Å². The van der Waals surface area contributed by atoms with Crippen LogP contribution in [0.5, 0.6) is 0 Å². The molecule has 0 amide bonds. The Kier molecular flexibility index (Phi) is 5.38. The zero-order valence-corrected chi connectivity index (χ0v) is 16.1. The van der Waals surface area contributed by atoms with E-state index in [0.717, 1.165) is 17.6 Å². The van der Waals surface area contributed by atoms with E-state index in [4.69, 9.17) is 0 Å². The topological polar surface area (TPSA) is 49.3 Å². The lowest BCUT2D eigenvalue weighted by molar-refractivity contribution is -0.133. The molecule has 1 aliphatic rings. The summed E-state index contributed by atoms with van der Waals surface area (Å²) in [4.78, 5) is 11.7.